The molecular formula is C86H94F16O18. The summed E-state index contributed by atoms with van der Waals surface area (Å²) in [6.07, 6.45) is 11.0. The molecule has 34 heteroatoms. The smallest absolute Gasteiger partial charge is 0.410 e. The van der Waals surface area contributed by atoms with Crippen molar-refractivity contribution in [3.8, 4) is 34.1 Å². The molecule has 6 aromatic rings. The largest absolute Gasteiger partial charge is 0.494 e. The molecule has 18 nitrogen and oxygen atoms in total. The second-order valence-corrected chi connectivity index (χ2v) is 27.2. The molecule has 120 heavy (non-hydrogen) atoms. The van der Waals surface area contributed by atoms with Gasteiger partial charge < -0.3 is 47.4 Å². The van der Waals surface area contributed by atoms with E-state index >= 15 is 0 Å². The number of rotatable bonds is 47. The highest BCUT2D eigenvalue weighted by molar-refractivity contribution is 5.93. The van der Waals surface area contributed by atoms with Gasteiger partial charge in [0, 0.05) is 11.1 Å². The Morgan fingerprint density at radius 3 is 0.867 bits per heavy atom. The fourth-order valence-electron chi connectivity index (χ4n) is 10.1. The second kappa shape index (κ2) is 47.7. The van der Waals surface area contributed by atoms with Crippen LogP contribution in [0, 0.1) is 13.8 Å². The zero-order chi connectivity index (χ0) is 89.7. The number of benzene rings is 6. The minimum absolute atomic E-state index is 0.0682. The normalized spacial score (nSPS) is 11.9. The second-order valence-electron chi connectivity index (χ2n) is 27.2. The van der Waals surface area contributed by atoms with Crippen molar-refractivity contribution in [3.05, 3.63) is 203 Å². The van der Waals surface area contributed by atoms with Crippen LogP contribution >= 0.6 is 0 Å². The zero-order valence-electron chi connectivity index (χ0n) is 66.6. The lowest BCUT2D eigenvalue weighted by molar-refractivity contribution is -0.449. The predicted octanol–water partition coefficient (Wildman–Crippen LogP) is 21.5. The monoisotopic (exact) mass is 1720 g/mol. The number of esters is 8. The maximum atomic E-state index is 14.0. The van der Waals surface area contributed by atoms with E-state index in [4.69, 9.17) is 37.9 Å². The Labute approximate surface area is 683 Å². The lowest BCUT2D eigenvalue weighted by Crippen LogP contribution is -2.75. The summed E-state index contributed by atoms with van der Waals surface area (Å²) < 4.78 is 272. The van der Waals surface area contributed by atoms with Gasteiger partial charge in [0.05, 0.1) is 75.1 Å². The fraction of sp³-hybridized carbons (Fsp3) is 0.442. The van der Waals surface area contributed by atoms with Gasteiger partial charge in [-0.3, -0.25) is 0 Å². The maximum Gasteiger partial charge on any atom is 0.410 e. The number of carbonyl (C=O) groups excluding carboxylic acids is 8. The van der Waals surface area contributed by atoms with Crippen molar-refractivity contribution < 1.29 is 156 Å². The summed E-state index contributed by atoms with van der Waals surface area (Å²) in [6, 6.07) is 41.8. The molecule has 0 aliphatic rings. The third-order valence-electron chi connectivity index (χ3n) is 17.3. The van der Waals surface area contributed by atoms with Crippen molar-refractivity contribution in [3.63, 3.8) is 0 Å². The molecule has 658 valence electrons. The summed E-state index contributed by atoms with van der Waals surface area (Å²) in [5.41, 5.74) is 6.28. The van der Waals surface area contributed by atoms with Gasteiger partial charge in [0.1, 0.15) is 23.0 Å². The van der Waals surface area contributed by atoms with Crippen molar-refractivity contribution >= 4 is 47.8 Å². The number of alkyl halides is 16. The van der Waals surface area contributed by atoms with Gasteiger partial charge in [0.25, 0.3) is 0 Å². The summed E-state index contributed by atoms with van der Waals surface area (Å²) in [4.78, 5) is 93.8. The van der Waals surface area contributed by atoms with Crippen molar-refractivity contribution in [2.45, 2.75) is 192 Å². The average molecular weight is 1720 g/mol. The molecule has 6 aromatic carbocycles. The van der Waals surface area contributed by atoms with Crippen LogP contribution in [-0.2, 0) is 47.6 Å². The molecule has 0 heterocycles. The van der Waals surface area contributed by atoms with Gasteiger partial charge in [-0.15, -0.1) is 0 Å². The van der Waals surface area contributed by atoms with E-state index in [1.807, 2.05) is 43.3 Å². The molecule has 0 saturated carbocycles. The van der Waals surface area contributed by atoms with E-state index in [1.54, 1.807) is 118 Å². The van der Waals surface area contributed by atoms with Crippen LogP contribution in [0.5, 0.6) is 23.0 Å². The molecule has 0 radical (unpaired) electrons. The third kappa shape index (κ3) is 29.2. The van der Waals surface area contributed by atoms with Crippen molar-refractivity contribution in [1.82, 2.24) is 0 Å². The van der Waals surface area contributed by atoms with Crippen LogP contribution in [0.25, 0.3) is 11.1 Å². The number of hydrogen-bond donors (Lipinski definition) is 0. The number of carbonyl (C=O) groups is 8. The Morgan fingerprint density at radius 2 is 0.533 bits per heavy atom. The lowest BCUT2D eigenvalue weighted by Gasteiger charge is -2.42. The first-order chi connectivity index (χ1) is 56.4. The van der Waals surface area contributed by atoms with E-state index in [2.05, 4.69) is 29.6 Å². The van der Waals surface area contributed by atoms with Crippen molar-refractivity contribution in [2.24, 2.45) is 0 Å². The van der Waals surface area contributed by atoms with E-state index in [-0.39, 0.29) is 49.3 Å². The molecule has 0 saturated heterocycles. The summed E-state index contributed by atoms with van der Waals surface area (Å²) in [5.74, 6) is -73.1. The van der Waals surface area contributed by atoms with Gasteiger partial charge in [-0.05, 0) is 226 Å². The van der Waals surface area contributed by atoms with Crippen LogP contribution in [-0.4, -0.2) is 148 Å². The van der Waals surface area contributed by atoms with Crippen molar-refractivity contribution in [2.75, 3.05) is 52.9 Å². The molecule has 0 fully saturated rings. The summed E-state index contributed by atoms with van der Waals surface area (Å²) in [7, 11) is 0. The molecule has 0 bridgehead atoms. The predicted molar refractivity (Wildman–Crippen MR) is 407 cm³/mol. The van der Waals surface area contributed by atoms with Gasteiger partial charge in [0.2, 0.25) is 0 Å². The number of hydrogen-bond acceptors (Lipinski definition) is 18. The van der Waals surface area contributed by atoms with E-state index < -0.39 is 96.9 Å². The Balaban J connectivity index is 0.000000389. The van der Waals surface area contributed by atoms with Crippen LogP contribution in [0.2, 0.25) is 0 Å². The van der Waals surface area contributed by atoms with Gasteiger partial charge in [-0.2, -0.15) is 70.2 Å². The first kappa shape index (κ1) is 101. The first-order valence-corrected chi connectivity index (χ1v) is 38.0. The fourth-order valence-corrected chi connectivity index (χ4v) is 10.1. The summed E-state index contributed by atoms with van der Waals surface area (Å²) >= 11 is 0. The number of halogens is 16. The van der Waals surface area contributed by atoms with E-state index in [1.165, 1.54) is 12.1 Å². The average Bonchev–Trinajstić information content (AvgIpc) is 0.690. The standard InChI is InChI=1S/C36H42O7.C26H24F16O6.C24H28O5/c1-4-5-6-9-26-42-35(38)30-14-12-28(13-15-30)29-16-22-33(23-17-29)43-36(39)31-18-20-32(21-19-31)40-24-10-7-8-11-25-41-34(37)27(2)3;1-3-46-17(44)19(27,28)21(31,32)23(35,36)25(39,40)26(41,42)24(37,38)22(33,34)20(29,30)18(45)48-13-7-5-4-6-12-47-16(43)15-10-8-14(2)9-11-15;1-18(2)23(25)28-17-7-5-4-6-16-27-21-14-10-20(11-15-21)24(26)29-22-12-8-19(3)9-13-22/h12-23H,2,4-11,24-26H2,1,3H3;8-11H,3-7,12-13H2,1-2H3;8-15H,1,4-7,16-17H2,2-3H3. The summed E-state index contributed by atoms with van der Waals surface area (Å²) in [5, 5.41) is 0. The molecule has 6 rings (SSSR count). The topological polar surface area (TPSA) is 229 Å². The minimum atomic E-state index is -8.77. The van der Waals surface area contributed by atoms with Crippen LogP contribution in [0.3, 0.4) is 0 Å². The van der Waals surface area contributed by atoms with Gasteiger partial charge in [-0.25, -0.2) is 38.4 Å². The van der Waals surface area contributed by atoms with E-state index in [0.29, 0.717) is 90.8 Å². The molecule has 0 aromatic heterocycles. The van der Waals surface area contributed by atoms with Crippen LogP contribution in [0.4, 0.5) is 70.2 Å². The third-order valence-corrected chi connectivity index (χ3v) is 17.3. The SMILES string of the molecule is C=C(C)C(=O)OCCCCCCOc1ccc(C(=O)Oc2ccc(-c3ccc(C(=O)OCCCCCC)cc3)cc2)cc1.C=C(C)C(=O)OCCCCCCOc1ccc(C(=O)Oc2ccc(C)cc2)cc1.CCOC(=O)C(F)(F)C(F)(F)C(F)(F)C(F)(F)C(F)(F)C(F)(F)C(F)(F)C(F)(F)C(=O)OCCCCCCOC(=O)c1ccc(C)cc1. The van der Waals surface area contributed by atoms with E-state index in [9.17, 15) is 109 Å². The molecule has 0 unspecified atom stereocenters. The van der Waals surface area contributed by atoms with Gasteiger partial charge in [0.15, 0.2) is 0 Å². The molecule has 0 aliphatic heterocycles. The molecule has 0 N–H and O–H groups in total. The Hall–Kier alpha value is -11.0. The number of aryl methyl sites for hydroxylation is 2. The summed E-state index contributed by atoms with van der Waals surface area (Å²) in [6.45, 7) is 16.4. The quantitative estimate of drug-likeness (QED) is 0.00863. The molecule has 0 spiro atoms. The zero-order valence-corrected chi connectivity index (χ0v) is 66.6. The molecule has 0 aliphatic carbocycles. The highest BCUT2D eigenvalue weighted by Crippen LogP contribution is 2.64. The highest BCUT2D eigenvalue weighted by atomic mass is 19.4. The molecule has 0 atom stereocenters. The van der Waals surface area contributed by atoms with E-state index in [0.717, 1.165) is 99.3 Å². The van der Waals surface area contributed by atoms with Gasteiger partial charge in [-0.1, -0.05) is 99.0 Å². The Bertz CT molecular complexity index is 4270. The van der Waals surface area contributed by atoms with Crippen LogP contribution in [0.1, 0.15) is 183 Å². The highest BCUT2D eigenvalue weighted by Gasteiger charge is 2.96. The molecular weight excluding hydrogens is 1620 g/mol. The van der Waals surface area contributed by atoms with Crippen molar-refractivity contribution in [1.29, 1.82) is 0 Å². The van der Waals surface area contributed by atoms with Crippen LogP contribution < -0.4 is 18.9 Å². The first-order valence-electron chi connectivity index (χ1n) is 38.0. The number of ether oxygens (including phenoxy) is 10. The number of unbranched alkanes of at least 4 members (excludes halogenated alkanes) is 12. The maximum absolute atomic E-state index is 14.0. The van der Waals surface area contributed by atoms with Gasteiger partial charge >= 0.3 is 95.1 Å². The Morgan fingerprint density at radius 1 is 0.283 bits per heavy atom. The molecule has 0 amide bonds. The minimum Gasteiger partial charge on any atom is -0.494 e. The van der Waals surface area contributed by atoms with Crippen LogP contribution in [0.15, 0.2) is 170 Å². The lowest BCUT2D eigenvalue weighted by atomic mass is 9.87. The Kier molecular flexibility index (Phi) is 40.3.